The maximum Gasteiger partial charge on any atom is 0.256 e. The first-order chi connectivity index (χ1) is 13.7. The number of anilines is 1. The summed E-state index contributed by atoms with van der Waals surface area (Å²) in [5.74, 6) is 0.190. The largest absolute Gasteiger partial charge is 0.497 e. The molecule has 1 fully saturated rings. The highest BCUT2D eigenvalue weighted by atomic mass is 19.1. The second-order valence-corrected chi connectivity index (χ2v) is 6.39. The fourth-order valence-electron chi connectivity index (χ4n) is 3.28. The van der Waals surface area contributed by atoms with E-state index < -0.39 is 5.82 Å². The maximum atomic E-state index is 13.7. The van der Waals surface area contributed by atoms with E-state index in [4.69, 9.17) is 4.74 Å². The van der Waals surface area contributed by atoms with Crippen LogP contribution in [0.15, 0.2) is 48.8 Å². The van der Waals surface area contributed by atoms with E-state index in [1.165, 1.54) is 29.2 Å². The standard InChI is InChI=1S/C19H19FN6O2/c1-28-16-5-3-15(4-6-16)24-8-10-25(11-9-24)19(27)17-7-2-14(20)12-18(17)26-13-21-22-23-26/h2-7,12-13H,8-11H2,1H3. The molecule has 4 rings (SSSR count). The zero-order chi connectivity index (χ0) is 19.5. The van der Waals surface area contributed by atoms with Crippen molar-refractivity contribution in [3.05, 3.63) is 60.2 Å². The SMILES string of the molecule is COc1ccc(N2CCN(C(=O)c3ccc(F)cc3-n3cnnn3)CC2)cc1. The van der Waals surface area contributed by atoms with Gasteiger partial charge in [0, 0.05) is 37.9 Å². The van der Waals surface area contributed by atoms with E-state index in [2.05, 4.69) is 20.4 Å². The highest BCUT2D eigenvalue weighted by Crippen LogP contribution is 2.22. The summed E-state index contributed by atoms with van der Waals surface area (Å²) >= 11 is 0. The van der Waals surface area contributed by atoms with Crippen LogP contribution in [0.3, 0.4) is 0 Å². The number of carbonyl (C=O) groups excluding carboxylic acids is 1. The third-order valence-corrected chi connectivity index (χ3v) is 4.79. The van der Waals surface area contributed by atoms with E-state index >= 15 is 0 Å². The Balaban J connectivity index is 1.49. The number of amides is 1. The quantitative estimate of drug-likeness (QED) is 0.685. The Bertz CT molecular complexity index is 953. The highest BCUT2D eigenvalue weighted by Gasteiger charge is 2.25. The number of nitrogens with zero attached hydrogens (tertiary/aromatic N) is 6. The molecule has 1 aliphatic heterocycles. The van der Waals surface area contributed by atoms with Crippen LogP contribution in [0.25, 0.3) is 5.69 Å². The fourth-order valence-corrected chi connectivity index (χ4v) is 3.28. The second kappa shape index (κ2) is 7.63. The molecule has 0 atom stereocenters. The van der Waals surface area contributed by atoms with E-state index in [1.54, 1.807) is 12.0 Å². The number of carbonyl (C=O) groups is 1. The Morgan fingerprint density at radius 2 is 1.82 bits per heavy atom. The van der Waals surface area contributed by atoms with Gasteiger partial charge in [-0.15, -0.1) is 5.10 Å². The molecule has 28 heavy (non-hydrogen) atoms. The van der Waals surface area contributed by atoms with Gasteiger partial charge < -0.3 is 14.5 Å². The predicted octanol–water partition coefficient (Wildman–Crippen LogP) is 1.77. The van der Waals surface area contributed by atoms with Crippen LogP contribution in [0.5, 0.6) is 5.75 Å². The lowest BCUT2D eigenvalue weighted by atomic mass is 10.1. The Hall–Kier alpha value is -3.49. The molecule has 2 aromatic carbocycles. The van der Waals surface area contributed by atoms with Crippen LogP contribution >= 0.6 is 0 Å². The molecule has 9 heteroatoms. The number of methoxy groups -OCH3 is 1. The average molecular weight is 382 g/mol. The average Bonchev–Trinajstić information content (AvgIpc) is 3.28. The summed E-state index contributed by atoms with van der Waals surface area (Å²) in [4.78, 5) is 17.0. The Kier molecular flexibility index (Phi) is 4.88. The predicted molar refractivity (Wildman–Crippen MR) is 100 cm³/mol. The van der Waals surface area contributed by atoms with Crippen LogP contribution in [0.2, 0.25) is 0 Å². The fraction of sp³-hybridized carbons (Fsp3) is 0.263. The number of rotatable bonds is 4. The van der Waals surface area contributed by atoms with Gasteiger partial charge in [0.1, 0.15) is 17.9 Å². The van der Waals surface area contributed by atoms with Crippen molar-refractivity contribution in [3.8, 4) is 11.4 Å². The van der Waals surface area contributed by atoms with Crippen molar-refractivity contribution >= 4 is 11.6 Å². The molecular formula is C19H19FN6O2. The Morgan fingerprint density at radius 3 is 2.46 bits per heavy atom. The molecule has 0 radical (unpaired) electrons. The van der Waals surface area contributed by atoms with Crippen molar-refractivity contribution < 1.29 is 13.9 Å². The van der Waals surface area contributed by atoms with Gasteiger partial charge in [-0.2, -0.15) is 4.68 Å². The van der Waals surface area contributed by atoms with Gasteiger partial charge in [-0.3, -0.25) is 4.79 Å². The zero-order valence-electron chi connectivity index (χ0n) is 15.3. The van der Waals surface area contributed by atoms with Crippen molar-refractivity contribution in [2.45, 2.75) is 0 Å². The Labute approximate surface area is 161 Å². The molecule has 1 amide bonds. The van der Waals surface area contributed by atoms with Crippen LogP contribution in [0.1, 0.15) is 10.4 Å². The van der Waals surface area contributed by atoms with E-state index in [-0.39, 0.29) is 5.91 Å². The summed E-state index contributed by atoms with van der Waals surface area (Å²) in [5.41, 5.74) is 1.78. The van der Waals surface area contributed by atoms with Crippen molar-refractivity contribution in [2.75, 3.05) is 38.2 Å². The lowest BCUT2D eigenvalue weighted by Gasteiger charge is -2.36. The van der Waals surface area contributed by atoms with Gasteiger partial charge in [0.15, 0.2) is 0 Å². The minimum atomic E-state index is -0.452. The molecule has 1 aliphatic rings. The first-order valence-corrected chi connectivity index (χ1v) is 8.87. The first kappa shape index (κ1) is 17.9. The van der Waals surface area contributed by atoms with E-state index in [0.717, 1.165) is 11.4 Å². The van der Waals surface area contributed by atoms with Crippen molar-refractivity contribution in [3.63, 3.8) is 0 Å². The van der Waals surface area contributed by atoms with Gasteiger partial charge in [0.2, 0.25) is 0 Å². The van der Waals surface area contributed by atoms with Gasteiger partial charge >= 0.3 is 0 Å². The molecule has 1 aromatic heterocycles. The second-order valence-electron chi connectivity index (χ2n) is 6.39. The number of ether oxygens (including phenoxy) is 1. The van der Waals surface area contributed by atoms with Crippen molar-refractivity contribution in [1.29, 1.82) is 0 Å². The topological polar surface area (TPSA) is 76.4 Å². The molecule has 0 N–H and O–H groups in total. The molecule has 0 spiro atoms. The van der Waals surface area contributed by atoms with E-state index in [9.17, 15) is 9.18 Å². The number of piperazine rings is 1. The molecule has 1 saturated heterocycles. The number of benzene rings is 2. The number of hydrogen-bond acceptors (Lipinski definition) is 6. The van der Waals surface area contributed by atoms with Gasteiger partial charge in [0.25, 0.3) is 5.91 Å². The van der Waals surface area contributed by atoms with Crippen molar-refractivity contribution in [1.82, 2.24) is 25.1 Å². The van der Waals surface area contributed by atoms with Crippen molar-refractivity contribution in [2.24, 2.45) is 0 Å². The molecule has 0 saturated carbocycles. The van der Waals surface area contributed by atoms with Gasteiger partial charge in [-0.1, -0.05) is 0 Å². The molecule has 2 heterocycles. The van der Waals surface area contributed by atoms with Crippen LogP contribution in [-0.2, 0) is 0 Å². The monoisotopic (exact) mass is 382 g/mol. The third kappa shape index (κ3) is 3.51. The lowest BCUT2D eigenvalue weighted by Crippen LogP contribution is -2.49. The van der Waals surface area contributed by atoms with Gasteiger partial charge in [-0.05, 0) is 46.8 Å². The molecule has 144 valence electrons. The molecular weight excluding hydrogens is 363 g/mol. The summed E-state index contributed by atoms with van der Waals surface area (Å²) in [6.45, 7) is 2.55. The summed E-state index contributed by atoms with van der Waals surface area (Å²) in [5, 5.41) is 10.9. The lowest BCUT2D eigenvalue weighted by molar-refractivity contribution is 0.0746. The minimum Gasteiger partial charge on any atom is -0.497 e. The summed E-state index contributed by atoms with van der Waals surface area (Å²) in [6, 6.07) is 11.9. The van der Waals surface area contributed by atoms with Crippen LogP contribution in [0, 0.1) is 5.82 Å². The smallest absolute Gasteiger partial charge is 0.256 e. The first-order valence-electron chi connectivity index (χ1n) is 8.87. The van der Waals surface area contributed by atoms with Crippen LogP contribution < -0.4 is 9.64 Å². The molecule has 3 aromatic rings. The molecule has 0 bridgehead atoms. The van der Waals surface area contributed by atoms with E-state index in [1.807, 2.05) is 24.3 Å². The highest BCUT2D eigenvalue weighted by molar-refractivity contribution is 5.98. The maximum absolute atomic E-state index is 13.7. The normalized spacial score (nSPS) is 14.2. The van der Waals surface area contributed by atoms with Crippen LogP contribution in [0.4, 0.5) is 10.1 Å². The summed E-state index contributed by atoms with van der Waals surface area (Å²) in [7, 11) is 1.64. The molecule has 0 aliphatic carbocycles. The van der Waals surface area contributed by atoms with Crippen LogP contribution in [-0.4, -0.2) is 64.3 Å². The number of tetrazole rings is 1. The summed E-state index contributed by atoms with van der Waals surface area (Å²) in [6.07, 6.45) is 1.34. The molecule has 8 nitrogen and oxygen atoms in total. The number of aromatic nitrogens is 4. The number of hydrogen-bond donors (Lipinski definition) is 0. The minimum absolute atomic E-state index is 0.167. The van der Waals surface area contributed by atoms with Gasteiger partial charge in [0.05, 0.1) is 18.4 Å². The summed E-state index contributed by atoms with van der Waals surface area (Å²) < 4.78 is 20.2. The molecule has 0 unspecified atom stereocenters. The third-order valence-electron chi connectivity index (χ3n) is 4.79. The van der Waals surface area contributed by atoms with E-state index in [0.29, 0.717) is 37.4 Å². The van der Waals surface area contributed by atoms with Gasteiger partial charge in [-0.25, -0.2) is 4.39 Å². The Morgan fingerprint density at radius 1 is 1.07 bits per heavy atom. The zero-order valence-corrected chi connectivity index (χ0v) is 15.3. The number of halogens is 1.